The number of carbonyl (C=O) groups is 1. The summed E-state index contributed by atoms with van der Waals surface area (Å²) in [7, 11) is 0. The number of nitrogens with zero attached hydrogens (tertiary/aromatic N) is 2. The Kier molecular flexibility index (Phi) is 2.40. The molecule has 0 aliphatic carbocycles. The Morgan fingerprint density at radius 1 is 1.53 bits per heavy atom. The van der Waals surface area contributed by atoms with Gasteiger partial charge in [-0.25, -0.2) is 9.97 Å². The summed E-state index contributed by atoms with van der Waals surface area (Å²) in [6.45, 7) is 3.60. The predicted octanol–water partition coefficient (Wildman–Crippen LogP) is 2.19. The lowest BCUT2D eigenvalue weighted by Crippen LogP contribution is -2.09. The Morgan fingerprint density at radius 3 is 2.93 bits per heavy atom. The van der Waals surface area contributed by atoms with Gasteiger partial charge in [0.05, 0.1) is 21.8 Å². The number of aryl methyl sites for hydroxylation is 1. The molecule has 1 unspecified atom stereocenters. The Hall–Kier alpha value is -1.49. The fourth-order valence-corrected chi connectivity index (χ4v) is 2.49. The van der Waals surface area contributed by atoms with Crippen molar-refractivity contribution in [2.45, 2.75) is 19.8 Å². The van der Waals surface area contributed by atoms with Gasteiger partial charge in [-0.1, -0.05) is 0 Å². The molecular weight excluding hydrogens is 212 g/mol. The van der Waals surface area contributed by atoms with Crippen molar-refractivity contribution in [3.05, 3.63) is 23.0 Å². The Labute approximate surface area is 90.6 Å². The van der Waals surface area contributed by atoms with E-state index in [-0.39, 0.29) is 0 Å². The quantitative estimate of drug-likeness (QED) is 0.846. The highest BCUT2D eigenvalue weighted by atomic mass is 32.1. The van der Waals surface area contributed by atoms with Crippen LogP contribution in [0.1, 0.15) is 24.1 Å². The summed E-state index contributed by atoms with van der Waals surface area (Å²) < 4.78 is 0.880. The number of hydrogen-bond donors (Lipinski definition) is 1. The molecule has 1 atom stereocenters. The summed E-state index contributed by atoms with van der Waals surface area (Å²) >= 11 is 1.50. The topological polar surface area (TPSA) is 63.1 Å². The Bertz CT molecular complexity index is 521. The summed E-state index contributed by atoms with van der Waals surface area (Å²) in [6, 6.07) is 0. The van der Waals surface area contributed by atoms with Crippen molar-refractivity contribution >= 4 is 27.5 Å². The molecule has 0 aromatic carbocycles. The molecule has 0 saturated carbocycles. The molecule has 0 aliphatic heterocycles. The van der Waals surface area contributed by atoms with E-state index in [4.69, 9.17) is 5.11 Å². The van der Waals surface area contributed by atoms with Gasteiger partial charge in [0.15, 0.2) is 0 Å². The lowest BCUT2D eigenvalue weighted by molar-refractivity contribution is -0.138. The van der Waals surface area contributed by atoms with Crippen molar-refractivity contribution < 1.29 is 9.90 Å². The van der Waals surface area contributed by atoms with Crippen LogP contribution in [0.4, 0.5) is 0 Å². The van der Waals surface area contributed by atoms with E-state index in [0.29, 0.717) is 5.69 Å². The van der Waals surface area contributed by atoms with E-state index in [9.17, 15) is 4.79 Å². The van der Waals surface area contributed by atoms with Crippen molar-refractivity contribution in [1.82, 2.24) is 9.97 Å². The normalized spacial score (nSPS) is 12.9. The molecule has 2 aromatic rings. The molecule has 2 rings (SSSR count). The fourth-order valence-electron chi connectivity index (χ4n) is 1.41. The van der Waals surface area contributed by atoms with Crippen LogP contribution in [0.25, 0.3) is 10.2 Å². The second-order valence-corrected chi connectivity index (χ2v) is 4.29. The predicted molar refractivity (Wildman–Crippen MR) is 58.2 cm³/mol. The maximum absolute atomic E-state index is 10.9. The number of hydrogen-bond acceptors (Lipinski definition) is 4. The molecule has 0 spiro atoms. The smallest absolute Gasteiger partial charge is 0.312 e. The first-order valence-corrected chi connectivity index (χ1v) is 5.40. The average Bonchev–Trinajstić information content (AvgIpc) is 2.59. The first-order valence-electron chi connectivity index (χ1n) is 4.52. The summed E-state index contributed by atoms with van der Waals surface area (Å²) in [5.74, 6) is -1.45. The van der Waals surface area contributed by atoms with Gasteiger partial charge >= 0.3 is 5.97 Å². The van der Waals surface area contributed by atoms with E-state index < -0.39 is 11.9 Å². The number of thiophene rings is 1. The minimum atomic E-state index is -0.860. The van der Waals surface area contributed by atoms with Crippen LogP contribution in [0, 0.1) is 6.92 Å². The van der Waals surface area contributed by atoms with Gasteiger partial charge in [-0.15, -0.1) is 11.3 Å². The zero-order chi connectivity index (χ0) is 11.0. The maximum Gasteiger partial charge on any atom is 0.312 e. The zero-order valence-electron chi connectivity index (χ0n) is 8.39. The van der Waals surface area contributed by atoms with Crippen molar-refractivity contribution in [2.24, 2.45) is 0 Å². The monoisotopic (exact) mass is 222 g/mol. The number of fused-ring (bicyclic) bond motifs is 1. The molecule has 15 heavy (non-hydrogen) atoms. The minimum absolute atomic E-state index is 0.589. The lowest BCUT2D eigenvalue weighted by Gasteiger charge is -2.05. The molecule has 0 fully saturated rings. The van der Waals surface area contributed by atoms with Gasteiger partial charge in [0.1, 0.15) is 6.33 Å². The highest BCUT2D eigenvalue weighted by Gasteiger charge is 2.19. The van der Waals surface area contributed by atoms with Crippen LogP contribution in [0.15, 0.2) is 11.7 Å². The molecule has 1 N–H and O–H groups in total. The molecule has 0 aliphatic rings. The van der Waals surface area contributed by atoms with Crippen LogP contribution in [0.3, 0.4) is 0 Å². The number of aliphatic carboxylic acids is 1. The standard InChI is InChI=1S/C10H10N2O2S/c1-5-3-15-9-7(5)11-4-12-8(9)6(2)10(13)14/h3-4,6H,1-2H3,(H,13,14). The third-order valence-electron chi connectivity index (χ3n) is 2.34. The van der Waals surface area contributed by atoms with Gasteiger partial charge in [-0.3, -0.25) is 4.79 Å². The van der Waals surface area contributed by atoms with Crippen molar-refractivity contribution in [3.63, 3.8) is 0 Å². The summed E-state index contributed by atoms with van der Waals surface area (Å²) in [4.78, 5) is 19.1. The molecule has 2 aromatic heterocycles. The van der Waals surface area contributed by atoms with Crippen LogP contribution in [0.5, 0.6) is 0 Å². The first-order chi connectivity index (χ1) is 7.11. The molecule has 4 nitrogen and oxygen atoms in total. The molecule has 5 heteroatoms. The SMILES string of the molecule is Cc1csc2c(C(C)C(=O)O)ncnc12. The minimum Gasteiger partial charge on any atom is -0.481 e. The van der Waals surface area contributed by atoms with E-state index in [1.807, 2.05) is 12.3 Å². The van der Waals surface area contributed by atoms with E-state index in [1.54, 1.807) is 6.92 Å². The fraction of sp³-hybridized carbons (Fsp3) is 0.300. The van der Waals surface area contributed by atoms with Crippen LogP contribution in [-0.2, 0) is 4.79 Å². The van der Waals surface area contributed by atoms with Gasteiger partial charge in [0.2, 0.25) is 0 Å². The summed E-state index contributed by atoms with van der Waals surface area (Å²) in [6.07, 6.45) is 1.43. The number of rotatable bonds is 2. The molecule has 0 amide bonds. The van der Waals surface area contributed by atoms with Crippen molar-refractivity contribution in [3.8, 4) is 0 Å². The second-order valence-electron chi connectivity index (χ2n) is 3.42. The molecule has 0 saturated heterocycles. The van der Waals surface area contributed by atoms with E-state index in [0.717, 1.165) is 15.8 Å². The van der Waals surface area contributed by atoms with Crippen LogP contribution < -0.4 is 0 Å². The molecule has 0 radical (unpaired) electrons. The van der Waals surface area contributed by atoms with Crippen molar-refractivity contribution in [2.75, 3.05) is 0 Å². The third kappa shape index (κ3) is 1.59. The van der Waals surface area contributed by atoms with Gasteiger partial charge in [0, 0.05) is 0 Å². The molecule has 78 valence electrons. The highest BCUT2D eigenvalue weighted by molar-refractivity contribution is 7.17. The Balaban J connectivity index is 2.66. The summed E-state index contributed by atoms with van der Waals surface area (Å²) in [5, 5.41) is 10.9. The number of aromatic nitrogens is 2. The van der Waals surface area contributed by atoms with Crippen LogP contribution >= 0.6 is 11.3 Å². The lowest BCUT2D eigenvalue weighted by atomic mass is 10.1. The third-order valence-corrected chi connectivity index (χ3v) is 3.45. The summed E-state index contributed by atoms with van der Waals surface area (Å²) in [5.41, 5.74) is 2.53. The average molecular weight is 222 g/mol. The van der Waals surface area contributed by atoms with E-state index >= 15 is 0 Å². The van der Waals surface area contributed by atoms with Gasteiger partial charge < -0.3 is 5.11 Å². The van der Waals surface area contributed by atoms with Crippen LogP contribution in [0.2, 0.25) is 0 Å². The maximum atomic E-state index is 10.9. The van der Waals surface area contributed by atoms with Gasteiger partial charge in [-0.05, 0) is 24.8 Å². The molecular formula is C10H10N2O2S. The molecule has 0 bridgehead atoms. The number of carboxylic acid groups (broad SMARTS) is 1. The van der Waals surface area contributed by atoms with E-state index in [1.165, 1.54) is 17.7 Å². The number of carboxylic acids is 1. The largest absolute Gasteiger partial charge is 0.481 e. The van der Waals surface area contributed by atoms with E-state index in [2.05, 4.69) is 9.97 Å². The molecule has 2 heterocycles. The Morgan fingerprint density at radius 2 is 2.27 bits per heavy atom. The van der Waals surface area contributed by atoms with Gasteiger partial charge in [0.25, 0.3) is 0 Å². The van der Waals surface area contributed by atoms with Crippen molar-refractivity contribution in [1.29, 1.82) is 0 Å². The first kappa shape index (κ1) is 10.0. The zero-order valence-corrected chi connectivity index (χ0v) is 9.21. The van der Waals surface area contributed by atoms with Gasteiger partial charge in [-0.2, -0.15) is 0 Å². The highest BCUT2D eigenvalue weighted by Crippen LogP contribution is 2.29. The van der Waals surface area contributed by atoms with Crippen LogP contribution in [-0.4, -0.2) is 21.0 Å². The second kappa shape index (κ2) is 3.58.